The molecule has 0 saturated heterocycles. The largest absolute Gasteiger partial charge is 0.355 e. The Morgan fingerprint density at radius 3 is 2.32 bits per heavy atom. The van der Waals surface area contributed by atoms with Gasteiger partial charge in [0.05, 0.1) is 0 Å². The molecule has 5 heteroatoms. The van der Waals surface area contributed by atoms with Crippen molar-refractivity contribution in [1.29, 1.82) is 0 Å². The number of carbonyl (C=O) groups excluding carboxylic acids is 2. The van der Waals surface area contributed by atoms with Gasteiger partial charge in [-0.3, -0.25) is 9.59 Å². The third-order valence-corrected chi connectivity index (χ3v) is 3.90. The molecule has 0 aromatic heterocycles. The first-order valence-electron chi connectivity index (χ1n) is 7.33. The number of nitrogens with two attached hydrogens (primary N) is 1. The molecule has 1 unspecified atom stereocenters. The first-order chi connectivity index (χ1) is 9.06. The lowest BCUT2D eigenvalue weighted by Crippen LogP contribution is -2.45. The second-order valence-corrected chi connectivity index (χ2v) is 5.51. The summed E-state index contributed by atoms with van der Waals surface area (Å²) in [4.78, 5) is 23.4. The Kier molecular flexibility index (Phi) is 6.84. The average Bonchev–Trinajstić information content (AvgIpc) is 2.39. The van der Waals surface area contributed by atoms with E-state index < -0.39 is 6.04 Å². The lowest BCUT2D eigenvalue weighted by molar-refractivity contribution is -0.129. The molecule has 110 valence electrons. The van der Waals surface area contributed by atoms with Crippen molar-refractivity contribution in [2.24, 2.45) is 17.6 Å². The van der Waals surface area contributed by atoms with Crippen LogP contribution in [-0.4, -0.2) is 30.9 Å². The van der Waals surface area contributed by atoms with Crippen molar-refractivity contribution in [3.8, 4) is 0 Å². The van der Waals surface area contributed by atoms with E-state index in [1.807, 2.05) is 6.92 Å². The van der Waals surface area contributed by atoms with E-state index in [1.165, 1.54) is 0 Å². The number of amides is 2. The molecular formula is C14H27N3O2. The maximum Gasteiger partial charge on any atom is 0.242 e. The van der Waals surface area contributed by atoms with E-state index in [4.69, 9.17) is 5.73 Å². The van der Waals surface area contributed by atoms with Crippen molar-refractivity contribution in [2.75, 3.05) is 13.1 Å². The van der Waals surface area contributed by atoms with Gasteiger partial charge in [-0.25, -0.2) is 0 Å². The standard InChI is InChI=1S/C14H27N3O2/c1-3-16-14(19)10(2)17-13(18)8-11-4-6-12(9-15)7-5-11/h10-12H,3-9,15H2,1-2H3,(H,16,19)(H,17,18). The topological polar surface area (TPSA) is 84.2 Å². The molecule has 0 aromatic rings. The summed E-state index contributed by atoms with van der Waals surface area (Å²) in [6.07, 6.45) is 4.93. The van der Waals surface area contributed by atoms with Crippen LogP contribution in [0.1, 0.15) is 46.0 Å². The number of rotatable bonds is 6. The second-order valence-electron chi connectivity index (χ2n) is 5.51. The monoisotopic (exact) mass is 269 g/mol. The zero-order chi connectivity index (χ0) is 14.3. The van der Waals surface area contributed by atoms with Crippen LogP contribution in [0.25, 0.3) is 0 Å². The summed E-state index contributed by atoms with van der Waals surface area (Å²) in [5.41, 5.74) is 5.65. The Labute approximate surface area is 115 Å². The second kappa shape index (κ2) is 8.15. The zero-order valence-electron chi connectivity index (χ0n) is 12.1. The van der Waals surface area contributed by atoms with Crippen LogP contribution in [0.15, 0.2) is 0 Å². The smallest absolute Gasteiger partial charge is 0.242 e. The molecule has 0 radical (unpaired) electrons. The van der Waals surface area contributed by atoms with E-state index in [0.717, 1.165) is 32.2 Å². The van der Waals surface area contributed by atoms with Gasteiger partial charge in [-0.15, -0.1) is 0 Å². The molecular weight excluding hydrogens is 242 g/mol. The highest BCUT2D eigenvalue weighted by Gasteiger charge is 2.23. The van der Waals surface area contributed by atoms with Gasteiger partial charge in [0.1, 0.15) is 6.04 Å². The van der Waals surface area contributed by atoms with Gasteiger partial charge >= 0.3 is 0 Å². The number of nitrogens with one attached hydrogen (secondary N) is 2. The molecule has 4 N–H and O–H groups in total. The molecule has 0 spiro atoms. The van der Waals surface area contributed by atoms with E-state index in [-0.39, 0.29) is 11.8 Å². The fraction of sp³-hybridized carbons (Fsp3) is 0.857. The van der Waals surface area contributed by atoms with Crippen molar-refractivity contribution in [1.82, 2.24) is 10.6 Å². The molecule has 0 aromatic carbocycles. The number of hydrogen-bond acceptors (Lipinski definition) is 3. The van der Waals surface area contributed by atoms with Gasteiger partial charge in [-0.2, -0.15) is 0 Å². The molecule has 1 atom stereocenters. The summed E-state index contributed by atoms with van der Waals surface area (Å²) in [5.74, 6) is 0.940. The summed E-state index contributed by atoms with van der Waals surface area (Å²) in [6, 6.07) is -0.451. The molecule has 19 heavy (non-hydrogen) atoms. The summed E-state index contributed by atoms with van der Waals surface area (Å²) < 4.78 is 0. The molecule has 5 nitrogen and oxygen atoms in total. The Hall–Kier alpha value is -1.10. The SMILES string of the molecule is CCNC(=O)C(C)NC(=O)CC1CCC(CN)CC1. The van der Waals surface area contributed by atoms with Gasteiger partial charge < -0.3 is 16.4 Å². The highest BCUT2D eigenvalue weighted by atomic mass is 16.2. The van der Waals surface area contributed by atoms with Gasteiger partial charge in [0.15, 0.2) is 0 Å². The van der Waals surface area contributed by atoms with Gasteiger partial charge in [-0.1, -0.05) is 0 Å². The van der Waals surface area contributed by atoms with Crippen LogP contribution >= 0.6 is 0 Å². The Morgan fingerprint density at radius 1 is 1.21 bits per heavy atom. The van der Waals surface area contributed by atoms with Crippen LogP contribution in [0.2, 0.25) is 0 Å². The number of carbonyl (C=O) groups is 2. The van der Waals surface area contributed by atoms with Crippen molar-refractivity contribution in [3.05, 3.63) is 0 Å². The predicted octanol–water partition coefficient (Wildman–Crippen LogP) is 0.782. The van der Waals surface area contributed by atoms with E-state index in [1.54, 1.807) is 6.92 Å². The molecule has 1 saturated carbocycles. The number of likely N-dealkylation sites (N-methyl/N-ethyl adjacent to an activating group) is 1. The van der Waals surface area contributed by atoms with E-state index in [2.05, 4.69) is 10.6 Å². The Bertz CT molecular complexity index is 299. The normalized spacial score (nSPS) is 24.6. The van der Waals surface area contributed by atoms with Crippen molar-refractivity contribution < 1.29 is 9.59 Å². The van der Waals surface area contributed by atoms with Crippen molar-refractivity contribution in [3.63, 3.8) is 0 Å². The van der Waals surface area contributed by atoms with Crippen LogP contribution in [0.5, 0.6) is 0 Å². The summed E-state index contributed by atoms with van der Waals surface area (Å²) >= 11 is 0. The first kappa shape index (κ1) is 16.0. The van der Waals surface area contributed by atoms with E-state index in [9.17, 15) is 9.59 Å². The minimum Gasteiger partial charge on any atom is -0.355 e. The number of hydrogen-bond donors (Lipinski definition) is 3. The van der Waals surface area contributed by atoms with Gasteiger partial charge in [0.2, 0.25) is 11.8 Å². The Balaban J connectivity index is 2.26. The lowest BCUT2D eigenvalue weighted by Gasteiger charge is -2.27. The van der Waals surface area contributed by atoms with E-state index in [0.29, 0.717) is 24.8 Å². The fourth-order valence-corrected chi connectivity index (χ4v) is 2.63. The molecule has 2 amide bonds. The van der Waals surface area contributed by atoms with Gasteiger partial charge in [0, 0.05) is 13.0 Å². The molecule has 1 fully saturated rings. The molecule has 0 aliphatic heterocycles. The fourth-order valence-electron chi connectivity index (χ4n) is 2.63. The third kappa shape index (κ3) is 5.59. The zero-order valence-corrected chi connectivity index (χ0v) is 12.1. The predicted molar refractivity (Wildman–Crippen MR) is 75.4 cm³/mol. The molecule has 1 aliphatic carbocycles. The van der Waals surface area contributed by atoms with Crippen LogP contribution in [0.4, 0.5) is 0 Å². The first-order valence-corrected chi connectivity index (χ1v) is 7.33. The quantitative estimate of drug-likeness (QED) is 0.666. The molecule has 1 aliphatic rings. The van der Waals surface area contributed by atoms with Gasteiger partial charge in [0.25, 0.3) is 0 Å². The summed E-state index contributed by atoms with van der Waals surface area (Å²) in [7, 11) is 0. The minimum atomic E-state index is -0.451. The maximum absolute atomic E-state index is 11.9. The highest BCUT2D eigenvalue weighted by molar-refractivity contribution is 5.87. The van der Waals surface area contributed by atoms with Crippen molar-refractivity contribution >= 4 is 11.8 Å². The molecule has 1 rings (SSSR count). The summed E-state index contributed by atoms with van der Waals surface area (Å²) in [6.45, 7) is 4.92. The average molecular weight is 269 g/mol. The molecule has 0 bridgehead atoms. The highest BCUT2D eigenvalue weighted by Crippen LogP contribution is 2.30. The Morgan fingerprint density at radius 2 is 1.79 bits per heavy atom. The van der Waals surface area contributed by atoms with Crippen LogP contribution in [0.3, 0.4) is 0 Å². The van der Waals surface area contributed by atoms with Crippen LogP contribution in [0, 0.1) is 11.8 Å². The lowest BCUT2D eigenvalue weighted by atomic mass is 9.80. The molecule has 0 heterocycles. The minimum absolute atomic E-state index is 0.0186. The van der Waals surface area contributed by atoms with Crippen molar-refractivity contribution in [2.45, 2.75) is 52.0 Å². The third-order valence-electron chi connectivity index (χ3n) is 3.90. The van der Waals surface area contributed by atoms with Crippen LogP contribution < -0.4 is 16.4 Å². The summed E-state index contributed by atoms with van der Waals surface area (Å²) in [5, 5.41) is 5.46. The maximum atomic E-state index is 11.9. The van der Waals surface area contributed by atoms with Gasteiger partial charge in [-0.05, 0) is 57.9 Å². The van der Waals surface area contributed by atoms with E-state index >= 15 is 0 Å². The van der Waals surface area contributed by atoms with Crippen LogP contribution in [-0.2, 0) is 9.59 Å².